The third-order valence-electron chi connectivity index (χ3n) is 2.34. The SMILES string of the molecule is CCCC(OCC)c1ncc(CN)c(=O)[nH]1. The Morgan fingerprint density at radius 1 is 1.56 bits per heavy atom. The molecule has 1 unspecified atom stereocenters. The van der Waals surface area contributed by atoms with Crippen molar-refractivity contribution < 1.29 is 4.74 Å². The second-order valence-electron chi connectivity index (χ2n) is 3.56. The Labute approximate surface area is 95.0 Å². The summed E-state index contributed by atoms with van der Waals surface area (Å²) in [6.07, 6.45) is 3.22. The summed E-state index contributed by atoms with van der Waals surface area (Å²) in [5.41, 5.74) is 5.73. The van der Waals surface area contributed by atoms with Gasteiger partial charge < -0.3 is 15.5 Å². The number of hydrogen-bond donors (Lipinski definition) is 2. The van der Waals surface area contributed by atoms with Crippen molar-refractivity contribution in [2.45, 2.75) is 39.3 Å². The molecule has 1 aromatic heterocycles. The molecule has 0 amide bonds. The van der Waals surface area contributed by atoms with E-state index in [2.05, 4.69) is 16.9 Å². The molecule has 1 atom stereocenters. The average Bonchev–Trinajstić information content (AvgIpc) is 2.28. The minimum atomic E-state index is -0.173. The summed E-state index contributed by atoms with van der Waals surface area (Å²) in [6.45, 7) is 4.80. The zero-order chi connectivity index (χ0) is 12.0. The highest BCUT2D eigenvalue weighted by Gasteiger charge is 2.13. The Bertz CT molecular complexity index is 370. The zero-order valence-electron chi connectivity index (χ0n) is 9.82. The van der Waals surface area contributed by atoms with E-state index in [1.165, 1.54) is 6.20 Å². The van der Waals surface area contributed by atoms with E-state index in [0.717, 1.165) is 12.8 Å². The first-order chi connectivity index (χ1) is 7.72. The first kappa shape index (κ1) is 12.9. The molecule has 0 radical (unpaired) electrons. The highest BCUT2D eigenvalue weighted by Crippen LogP contribution is 2.17. The number of aromatic nitrogens is 2. The van der Waals surface area contributed by atoms with Crippen molar-refractivity contribution in [1.82, 2.24) is 9.97 Å². The van der Waals surface area contributed by atoms with Crippen molar-refractivity contribution in [2.75, 3.05) is 6.61 Å². The van der Waals surface area contributed by atoms with Gasteiger partial charge in [0.15, 0.2) is 0 Å². The van der Waals surface area contributed by atoms with E-state index in [-0.39, 0.29) is 18.2 Å². The molecule has 0 saturated heterocycles. The van der Waals surface area contributed by atoms with Gasteiger partial charge in [0.05, 0.1) is 0 Å². The first-order valence-electron chi connectivity index (χ1n) is 5.62. The molecule has 16 heavy (non-hydrogen) atoms. The average molecular weight is 225 g/mol. The molecule has 0 aliphatic carbocycles. The highest BCUT2D eigenvalue weighted by atomic mass is 16.5. The van der Waals surface area contributed by atoms with Gasteiger partial charge in [-0.2, -0.15) is 0 Å². The molecule has 90 valence electrons. The van der Waals surface area contributed by atoms with Crippen molar-refractivity contribution >= 4 is 0 Å². The first-order valence-corrected chi connectivity index (χ1v) is 5.62. The monoisotopic (exact) mass is 225 g/mol. The van der Waals surface area contributed by atoms with E-state index in [0.29, 0.717) is 18.0 Å². The van der Waals surface area contributed by atoms with Crippen molar-refractivity contribution in [3.8, 4) is 0 Å². The van der Waals surface area contributed by atoms with Gasteiger partial charge >= 0.3 is 0 Å². The van der Waals surface area contributed by atoms with E-state index < -0.39 is 0 Å². The molecule has 3 N–H and O–H groups in total. The van der Waals surface area contributed by atoms with Crippen molar-refractivity contribution in [3.05, 3.63) is 27.9 Å². The van der Waals surface area contributed by atoms with E-state index in [1.807, 2.05) is 6.92 Å². The van der Waals surface area contributed by atoms with Gasteiger partial charge in [0.25, 0.3) is 5.56 Å². The molecule has 1 aromatic rings. The summed E-state index contributed by atoms with van der Waals surface area (Å²) in [5.74, 6) is 0.589. The molecular weight excluding hydrogens is 206 g/mol. The van der Waals surface area contributed by atoms with Gasteiger partial charge in [-0.3, -0.25) is 4.79 Å². The topological polar surface area (TPSA) is 81.0 Å². The van der Waals surface area contributed by atoms with Gasteiger partial charge in [-0.05, 0) is 13.3 Å². The number of nitrogens with zero attached hydrogens (tertiary/aromatic N) is 1. The number of hydrogen-bond acceptors (Lipinski definition) is 4. The number of aromatic amines is 1. The summed E-state index contributed by atoms with van der Waals surface area (Å²) in [5, 5.41) is 0. The highest BCUT2D eigenvalue weighted by molar-refractivity contribution is 5.06. The Balaban J connectivity index is 2.92. The molecule has 1 rings (SSSR count). The van der Waals surface area contributed by atoms with Crippen LogP contribution in [0.1, 0.15) is 44.2 Å². The molecule has 0 aliphatic heterocycles. The second kappa shape index (κ2) is 6.40. The fourth-order valence-electron chi connectivity index (χ4n) is 1.51. The number of H-pyrrole nitrogens is 1. The zero-order valence-corrected chi connectivity index (χ0v) is 9.82. The third kappa shape index (κ3) is 3.15. The van der Waals surface area contributed by atoms with Gasteiger partial charge in [0, 0.05) is 24.9 Å². The van der Waals surface area contributed by atoms with Crippen LogP contribution in [0.3, 0.4) is 0 Å². The van der Waals surface area contributed by atoms with Gasteiger partial charge in [0.2, 0.25) is 0 Å². The molecular formula is C11H19N3O2. The second-order valence-corrected chi connectivity index (χ2v) is 3.56. The number of nitrogens with one attached hydrogen (secondary N) is 1. The molecule has 5 nitrogen and oxygen atoms in total. The fraction of sp³-hybridized carbons (Fsp3) is 0.636. The van der Waals surface area contributed by atoms with Crippen molar-refractivity contribution in [2.24, 2.45) is 5.73 Å². The van der Waals surface area contributed by atoms with Gasteiger partial charge in [-0.25, -0.2) is 4.98 Å². The summed E-state index contributed by atoms with van der Waals surface area (Å²) >= 11 is 0. The van der Waals surface area contributed by atoms with Crippen LogP contribution in [0.4, 0.5) is 0 Å². The maximum atomic E-state index is 11.6. The Kier molecular flexibility index (Phi) is 5.14. The quantitative estimate of drug-likeness (QED) is 0.759. The maximum absolute atomic E-state index is 11.6. The van der Waals surface area contributed by atoms with E-state index in [4.69, 9.17) is 10.5 Å². The minimum absolute atomic E-state index is 0.130. The Hall–Kier alpha value is -1.20. The number of nitrogens with two attached hydrogens (primary N) is 1. The lowest BCUT2D eigenvalue weighted by molar-refractivity contribution is 0.0491. The standard InChI is InChI=1S/C11H19N3O2/c1-3-5-9(16-4-2)10-13-7-8(6-12)11(15)14-10/h7,9H,3-6,12H2,1-2H3,(H,13,14,15). The molecule has 0 saturated carbocycles. The van der Waals surface area contributed by atoms with Crippen LogP contribution in [0.5, 0.6) is 0 Å². The number of ether oxygens (including phenoxy) is 1. The molecule has 0 aliphatic rings. The Morgan fingerprint density at radius 2 is 2.31 bits per heavy atom. The smallest absolute Gasteiger partial charge is 0.255 e. The van der Waals surface area contributed by atoms with Crippen LogP contribution in [0.2, 0.25) is 0 Å². The third-order valence-corrected chi connectivity index (χ3v) is 2.34. The van der Waals surface area contributed by atoms with Gasteiger partial charge in [0.1, 0.15) is 11.9 Å². The summed E-state index contributed by atoms with van der Waals surface area (Å²) in [6, 6.07) is 0. The van der Waals surface area contributed by atoms with Crippen LogP contribution < -0.4 is 11.3 Å². The van der Waals surface area contributed by atoms with E-state index in [1.54, 1.807) is 0 Å². The normalized spacial score (nSPS) is 12.7. The fourth-order valence-corrected chi connectivity index (χ4v) is 1.51. The predicted molar refractivity (Wildman–Crippen MR) is 62.0 cm³/mol. The van der Waals surface area contributed by atoms with Crippen LogP contribution >= 0.6 is 0 Å². The van der Waals surface area contributed by atoms with Gasteiger partial charge in [-0.15, -0.1) is 0 Å². The molecule has 0 bridgehead atoms. The molecule has 1 heterocycles. The lowest BCUT2D eigenvalue weighted by Gasteiger charge is -2.15. The maximum Gasteiger partial charge on any atom is 0.255 e. The molecule has 0 fully saturated rings. The Morgan fingerprint density at radius 3 is 2.81 bits per heavy atom. The minimum Gasteiger partial charge on any atom is -0.371 e. The lowest BCUT2D eigenvalue weighted by Crippen LogP contribution is -2.21. The summed E-state index contributed by atoms with van der Waals surface area (Å²) in [7, 11) is 0. The molecule has 5 heteroatoms. The van der Waals surface area contributed by atoms with E-state index >= 15 is 0 Å². The molecule has 0 spiro atoms. The van der Waals surface area contributed by atoms with E-state index in [9.17, 15) is 4.79 Å². The number of rotatable bonds is 6. The summed E-state index contributed by atoms with van der Waals surface area (Å²) in [4.78, 5) is 18.5. The van der Waals surface area contributed by atoms with Crippen LogP contribution in [0, 0.1) is 0 Å². The van der Waals surface area contributed by atoms with Crippen molar-refractivity contribution in [1.29, 1.82) is 0 Å². The lowest BCUT2D eigenvalue weighted by atomic mass is 10.2. The van der Waals surface area contributed by atoms with Gasteiger partial charge in [-0.1, -0.05) is 13.3 Å². The van der Waals surface area contributed by atoms with Crippen molar-refractivity contribution in [3.63, 3.8) is 0 Å². The van der Waals surface area contributed by atoms with Crippen LogP contribution in [-0.4, -0.2) is 16.6 Å². The molecule has 0 aromatic carbocycles. The van der Waals surface area contributed by atoms with Crippen LogP contribution in [-0.2, 0) is 11.3 Å². The van der Waals surface area contributed by atoms with Crippen LogP contribution in [0.25, 0.3) is 0 Å². The van der Waals surface area contributed by atoms with Crippen LogP contribution in [0.15, 0.2) is 11.0 Å². The largest absolute Gasteiger partial charge is 0.371 e. The summed E-state index contributed by atoms with van der Waals surface area (Å²) < 4.78 is 5.53. The predicted octanol–water partition coefficient (Wildman–Crippen LogP) is 1.11.